The summed E-state index contributed by atoms with van der Waals surface area (Å²) in [6.45, 7) is 3.42. The van der Waals surface area contributed by atoms with Gasteiger partial charge in [-0.3, -0.25) is 14.5 Å². The van der Waals surface area contributed by atoms with Gasteiger partial charge in [0, 0.05) is 37.2 Å². The number of ether oxygens (including phenoxy) is 1. The maximum Gasteiger partial charge on any atom is 0.325 e. The zero-order chi connectivity index (χ0) is 24.3. The molecule has 2 aromatic rings. The highest BCUT2D eigenvalue weighted by molar-refractivity contribution is 6.31. The van der Waals surface area contributed by atoms with Crippen LogP contribution in [0.1, 0.15) is 34.3 Å². The normalized spacial score (nSPS) is 21.1. The van der Waals surface area contributed by atoms with Gasteiger partial charge in [-0.25, -0.2) is 4.79 Å². The van der Waals surface area contributed by atoms with Crippen molar-refractivity contribution in [2.75, 3.05) is 33.4 Å². The lowest BCUT2D eigenvalue weighted by Crippen LogP contribution is -2.58. The van der Waals surface area contributed by atoms with Gasteiger partial charge in [-0.05, 0) is 48.9 Å². The van der Waals surface area contributed by atoms with E-state index in [0.717, 1.165) is 11.1 Å². The lowest BCUT2D eigenvalue weighted by molar-refractivity contribution is -0.134. The van der Waals surface area contributed by atoms with Crippen molar-refractivity contribution in [1.29, 1.82) is 0 Å². The topological polar surface area (TPSA) is 79.0 Å². The number of amides is 4. The van der Waals surface area contributed by atoms with Crippen LogP contribution in [0.2, 0.25) is 5.02 Å². The summed E-state index contributed by atoms with van der Waals surface area (Å²) >= 11 is 6.44. The zero-order valence-electron chi connectivity index (χ0n) is 19.6. The third-order valence-electron chi connectivity index (χ3n) is 7.00. The zero-order valence-corrected chi connectivity index (χ0v) is 20.3. The number of carbonyl (C=O) groups excluding carboxylic acids is 3. The summed E-state index contributed by atoms with van der Waals surface area (Å²) in [7, 11) is 1.54. The average Bonchev–Trinajstić information content (AvgIpc) is 3.08. The van der Waals surface area contributed by atoms with E-state index in [1.165, 1.54) is 12.0 Å². The number of hydrogen-bond acceptors (Lipinski definition) is 4. The largest absolute Gasteiger partial charge is 0.383 e. The van der Waals surface area contributed by atoms with Crippen molar-refractivity contribution in [3.63, 3.8) is 0 Å². The number of likely N-dealkylation sites (tertiary alicyclic amines) is 1. The van der Waals surface area contributed by atoms with E-state index in [0.29, 0.717) is 42.9 Å². The summed E-state index contributed by atoms with van der Waals surface area (Å²) < 4.78 is 5.10. The van der Waals surface area contributed by atoms with E-state index >= 15 is 0 Å². The molecule has 34 heavy (non-hydrogen) atoms. The molecule has 0 bridgehead atoms. The van der Waals surface area contributed by atoms with Gasteiger partial charge in [-0.15, -0.1) is 0 Å². The molecule has 180 valence electrons. The van der Waals surface area contributed by atoms with Crippen LogP contribution in [-0.2, 0) is 16.0 Å². The number of nitrogens with zero attached hydrogens (tertiary/aromatic N) is 2. The van der Waals surface area contributed by atoms with Crippen molar-refractivity contribution in [1.82, 2.24) is 15.1 Å². The number of benzene rings is 2. The molecule has 1 atom stereocenters. The Morgan fingerprint density at radius 2 is 1.79 bits per heavy atom. The first-order valence-electron chi connectivity index (χ1n) is 11.6. The number of piperidine rings is 1. The molecule has 0 saturated carbocycles. The molecule has 8 heteroatoms. The number of imide groups is 1. The van der Waals surface area contributed by atoms with Gasteiger partial charge in [0.1, 0.15) is 5.54 Å². The predicted molar refractivity (Wildman–Crippen MR) is 130 cm³/mol. The Bertz CT molecular complexity index is 1080. The molecule has 2 heterocycles. The monoisotopic (exact) mass is 483 g/mol. The molecule has 2 aliphatic heterocycles. The van der Waals surface area contributed by atoms with Crippen molar-refractivity contribution in [3.8, 4) is 0 Å². The number of carbonyl (C=O) groups is 3. The van der Waals surface area contributed by atoms with E-state index in [1.54, 1.807) is 6.07 Å². The van der Waals surface area contributed by atoms with E-state index in [-0.39, 0.29) is 30.9 Å². The molecule has 2 fully saturated rings. The van der Waals surface area contributed by atoms with Crippen molar-refractivity contribution in [3.05, 3.63) is 70.2 Å². The second kappa shape index (κ2) is 10.2. The van der Waals surface area contributed by atoms with Gasteiger partial charge >= 0.3 is 6.03 Å². The van der Waals surface area contributed by atoms with Crippen LogP contribution in [0.15, 0.2) is 48.5 Å². The Kier molecular flexibility index (Phi) is 7.24. The van der Waals surface area contributed by atoms with Gasteiger partial charge in [-0.2, -0.15) is 0 Å². The minimum Gasteiger partial charge on any atom is -0.383 e. The lowest BCUT2D eigenvalue weighted by atomic mass is 9.73. The Morgan fingerprint density at radius 3 is 2.47 bits per heavy atom. The second-order valence-corrected chi connectivity index (χ2v) is 9.41. The van der Waals surface area contributed by atoms with E-state index < -0.39 is 11.6 Å². The third kappa shape index (κ3) is 4.55. The smallest absolute Gasteiger partial charge is 0.325 e. The SMILES string of the molecule is COCCN1C(=O)N[C@](Cc2ccccc2Cl)(C2CCN(C(=O)c3ccccc3C)CC2)C1=O. The summed E-state index contributed by atoms with van der Waals surface area (Å²) in [5.74, 6) is -0.382. The summed E-state index contributed by atoms with van der Waals surface area (Å²) in [5, 5.41) is 3.59. The van der Waals surface area contributed by atoms with Crippen LogP contribution in [0, 0.1) is 12.8 Å². The molecule has 4 rings (SSSR count). The molecule has 0 aliphatic carbocycles. The van der Waals surface area contributed by atoms with Crippen molar-refractivity contribution in [2.45, 2.75) is 31.7 Å². The van der Waals surface area contributed by atoms with Crippen LogP contribution >= 0.6 is 11.6 Å². The number of urea groups is 1. The maximum absolute atomic E-state index is 13.7. The molecule has 4 amide bonds. The number of rotatable bonds is 7. The molecule has 1 N–H and O–H groups in total. The van der Waals surface area contributed by atoms with Crippen LogP contribution in [-0.4, -0.2) is 66.5 Å². The number of hydrogen-bond donors (Lipinski definition) is 1. The minimum absolute atomic E-state index is 0.000193. The van der Waals surface area contributed by atoms with Gasteiger partial charge < -0.3 is 15.0 Å². The molecule has 0 spiro atoms. The number of nitrogens with one attached hydrogen (secondary N) is 1. The fourth-order valence-corrected chi connectivity index (χ4v) is 5.27. The minimum atomic E-state index is -1.10. The number of methoxy groups -OCH3 is 1. The first-order valence-corrected chi connectivity index (χ1v) is 12.0. The molecule has 2 aliphatic rings. The van der Waals surface area contributed by atoms with Crippen LogP contribution in [0.5, 0.6) is 0 Å². The van der Waals surface area contributed by atoms with Crippen molar-refractivity contribution in [2.24, 2.45) is 5.92 Å². The van der Waals surface area contributed by atoms with E-state index in [9.17, 15) is 14.4 Å². The molecule has 2 saturated heterocycles. The Morgan fingerprint density at radius 1 is 1.12 bits per heavy atom. The second-order valence-electron chi connectivity index (χ2n) is 9.00. The van der Waals surface area contributed by atoms with Crippen molar-refractivity contribution < 1.29 is 19.1 Å². The molecular weight excluding hydrogens is 454 g/mol. The Labute approximate surface area is 205 Å². The molecular formula is C26H30ClN3O4. The third-order valence-corrected chi connectivity index (χ3v) is 7.37. The first-order chi connectivity index (χ1) is 16.4. The maximum atomic E-state index is 13.7. The quantitative estimate of drug-likeness (QED) is 0.609. The highest BCUT2D eigenvalue weighted by Gasteiger charge is 2.56. The van der Waals surface area contributed by atoms with Crippen LogP contribution < -0.4 is 5.32 Å². The first kappa shape index (κ1) is 24.2. The summed E-state index contributed by atoms with van der Waals surface area (Å²) in [5.41, 5.74) is 1.34. The van der Waals surface area contributed by atoms with Crippen LogP contribution in [0.3, 0.4) is 0 Å². The Balaban J connectivity index is 1.58. The number of aryl methyl sites for hydroxylation is 1. The number of halogens is 1. The highest BCUT2D eigenvalue weighted by Crippen LogP contribution is 2.38. The van der Waals surface area contributed by atoms with Crippen molar-refractivity contribution >= 4 is 29.4 Å². The van der Waals surface area contributed by atoms with E-state index in [4.69, 9.17) is 16.3 Å². The van der Waals surface area contributed by atoms with Gasteiger partial charge in [0.2, 0.25) is 0 Å². The highest BCUT2D eigenvalue weighted by atomic mass is 35.5. The Hall–Kier alpha value is -2.90. The standard InChI is InChI=1S/C26H30ClN3O4/c1-18-7-3-5-9-21(18)23(31)29-13-11-20(12-14-29)26(17-19-8-4-6-10-22(19)27)24(32)30(15-16-34-2)25(33)28-26/h3-10,20H,11-17H2,1-2H3,(H,28,33)/t26-/m1/s1. The molecule has 2 aromatic carbocycles. The van der Waals surface area contributed by atoms with Crippen LogP contribution in [0.4, 0.5) is 4.79 Å². The van der Waals surface area contributed by atoms with E-state index in [1.807, 2.05) is 54.3 Å². The predicted octanol–water partition coefficient (Wildman–Crippen LogP) is 3.68. The summed E-state index contributed by atoms with van der Waals surface area (Å²) in [6.07, 6.45) is 1.51. The summed E-state index contributed by atoms with van der Waals surface area (Å²) in [6, 6.07) is 14.5. The van der Waals surface area contributed by atoms with Gasteiger partial charge in [0.05, 0.1) is 13.2 Å². The van der Waals surface area contributed by atoms with Gasteiger partial charge in [0.25, 0.3) is 11.8 Å². The average molecular weight is 484 g/mol. The molecule has 0 radical (unpaired) electrons. The molecule has 7 nitrogen and oxygen atoms in total. The van der Waals surface area contributed by atoms with Gasteiger partial charge in [-0.1, -0.05) is 48.0 Å². The van der Waals surface area contributed by atoms with Gasteiger partial charge in [0.15, 0.2) is 0 Å². The summed E-state index contributed by atoms with van der Waals surface area (Å²) in [4.78, 5) is 42.7. The fraction of sp³-hybridized carbons (Fsp3) is 0.423. The molecule has 0 aromatic heterocycles. The van der Waals surface area contributed by atoms with Crippen LogP contribution in [0.25, 0.3) is 0 Å². The van der Waals surface area contributed by atoms with E-state index in [2.05, 4.69) is 5.32 Å². The lowest BCUT2D eigenvalue weighted by Gasteiger charge is -2.41. The molecule has 0 unspecified atom stereocenters. The fourth-order valence-electron chi connectivity index (χ4n) is 5.07.